The molecular weight excluding hydrogens is 489 g/mol. The summed E-state index contributed by atoms with van der Waals surface area (Å²) in [6, 6.07) is 6.37. The third kappa shape index (κ3) is 5.63. The van der Waals surface area contributed by atoms with E-state index in [1.807, 2.05) is 4.90 Å². The van der Waals surface area contributed by atoms with E-state index in [2.05, 4.69) is 31.0 Å². The van der Waals surface area contributed by atoms with Crippen molar-refractivity contribution in [3.05, 3.63) is 46.6 Å². The lowest BCUT2D eigenvalue weighted by Gasteiger charge is -2.19. The number of hydrogen-bond acceptors (Lipinski definition) is 6. The van der Waals surface area contributed by atoms with Crippen molar-refractivity contribution in [3.63, 3.8) is 0 Å². The number of rotatable bonds is 5. The molecule has 0 radical (unpaired) electrons. The lowest BCUT2D eigenvalue weighted by atomic mass is 10.2. The first-order chi connectivity index (χ1) is 13.9. The first-order valence-electron chi connectivity index (χ1n) is 8.72. The van der Waals surface area contributed by atoms with Gasteiger partial charge in [0.1, 0.15) is 11.6 Å². The van der Waals surface area contributed by atoms with Crippen LogP contribution in [0.25, 0.3) is 0 Å². The number of benzene rings is 1. The van der Waals surface area contributed by atoms with E-state index < -0.39 is 22.0 Å². The molecule has 0 aliphatic carbocycles. The molecule has 1 aliphatic rings. The van der Waals surface area contributed by atoms with Crippen LogP contribution in [0.5, 0.6) is 5.75 Å². The minimum absolute atomic E-state index is 0.238. The fourth-order valence-corrected chi connectivity index (χ4v) is 4.64. The summed E-state index contributed by atoms with van der Waals surface area (Å²) in [5, 5.41) is 2.34. The second-order valence-corrected chi connectivity index (χ2v) is 10.1. The third-order valence-electron chi connectivity index (χ3n) is 4.51. The van der Waals surface area contributed by atoms with Crippen LogP contribution in [-0.4, -0.2) is 46.1 Å². The molecule has 1 fully saturated rings. The summed E-state index contributed by atoms with van der Waals surface area (Å²) in [5.74, 6) is -0.283. The first kappa shape index (κ1) is 22.3. The number of aromatic nitrogens is 1. The number of halogens is 4. The molecule has 1 saturated heterocycles. The van der Waals surface area contributed by atoms with E-state index in [4.69, 9.17) is 4.78 Å². The maximum Gasteiger partial charge on any atom is 0.573 e. The quantitative estimate of drug-likeness (QED) is 0.631. The number of carbonyl (C=O) groups is 1. The summed E-state index contributed by atoms with van der Waals surface area (Å²) in [6.07, 6.45) is -1.34. The zero-order chi connectivity index (χ0) is 22.1. The van der Waals surface area contributed by atoms with E-state index in [9.17, 15) is 22.2 Å². The lowest BCUT2D eigenvalue weighted by molar-refractivity contribution is -0.274. The normalized spacial score (nSPS) is 18.7. The van der Waals surface area contributed by atoms with Crippen LogP contribution >= 0.6 is 15.9 Å². The van der Waals surface area contributed by atoms with Crippen molar-refractivity contribution in [3.8, 4) is 5.75 Å². The standard InChI is InChI=1S/C18H18BrF3N4O3S/c1-30(23,28)14-6-7-26(10-14)16-15(19)8-11(9-24-16)17(27)25-12-2-4-13(5-3-12)29-18(20,21)22/h2-5,8-9,14,23H,6-7,10H2,1H3,(H,25,27)/t14-,30?/m0/s1. The monoisotopic (exact) mass is 506 g/mol. The van der Waals surface area contributed by atoms with Crippen molar-refractivity contribution >= 4 is 43.1 Å². The zero-order valence-electron chi connectivity index (χ0n) is 15.7. The third-order valence-corrected chi connectivity index (χ3v) is 6.75. The van der Waals surface area contributed by atoms with Crippen molar-refractivity contribution in [2.75, 3.05) is 29.6 Å². The largest absolute Gasteiger partial charge is 0.573 e. The van der Waals surface area contributed by atoms with Gasteiger partial charge in [-0.3, -0.25) is 9.57 Å². The Labute approximate surface area is 179 Å². The highest BCUT2D eigenvalue weighted by Gasteiger charge is 2.31. The fourth-order valence-electron chi connectivity index (χ4n) is 3.02. The van der Waals surface area contributed by atoms with Crippen LogP contribution in [0.2, 0.25) is 0 Å². The van der Waals surface area contributed by atoms with Gasteiger partial charge < -0.3 is 15.0 Å². The maximum atomic E-state index is 12.4. The average molecular weight is 507 g/mol. The van der Waals surface area contributed by atoms with Crippen LogP contribution in [-0.2, 0) is 9.73 Å². The summed E-state index contributed by atoms with van der Waals surface area (Å²) in [7, 11) is -2.65. The number of alkyl halides is 3. The van der Waals surface area contributed by atoms with Crippen LogP contribution in [0.4, 0.5) is 24.7 Å². The van der Waals surface area contributed by atoms with Crippen LogP contribution in [0.1, 0.15) is 16.8 Å². The number of amides is 1. The Morgan fingerprint density at radius 3 is 2.57 bits per heavy atom. The molecule has 2 aromatic rings. The Hall–Kier alpha value is -2.34. The highest BCUT2D eigenvalue weighted by molar-refractivity contribution is 9.10. The molecule has 0 saturated carbocycles. The second-order valence-electron chi connectivity index (χ2n) is 6.82. The van der Waals surface area contributed by atoms with Gasteiger partial charge >= 0.3 is 6.36 Å². The highest BCUT2D eigenvalue weighted by atomic mass is 79.9. The number of nitrogens with zero attached hydrogens (tertiary/aromatic N) is 2. The fraction of sp³-hybridized carbons (Fsp3) is 0.333. The van der Waals surface area contributed by atoms with Crippen molar-refractivity contribution in [1.82, 2.24) is 4.98 Å². The molecule has 12 heteroatoms. The van der Waals surface area contributed by atoms with Crippen LogP contribution < -0.4 is 15.0 Å². The van der Waals surface area contributed by atoms with Gasteiger partial charge in [-0.15, -0.1) is 13.2 Å². The van der Waals surface area contributed by atoms with Gasteiger partial charge in [-0.05, 0) is 52.7 Å². The smallest absolute Gasteiger partial charge is 0.406 e. The van der Waals surface area contributed by atoms with Crippen molar-refractivity contribution in [1.29, 1.82) is 4.78 Å². The molecule has 7 nitrogen and oxygen atoms in total. The molecule has 30 heavy (non-hydrogen) atoms. The highest BCUT2D eigenvalue weighted by Crippen LogP contribution is 2.30. The Morgan fingerprint density at radius 2 is 2.03 bits per heavy atom. The number of pyridine rings is 1. The molecular formula is C18H18BrF3N4O3S. The molecule has 1 unspecified atom stereocenters. The minimum Gasteiger partial charge on any atom is -0.406 e. The Balaban J connectivity index is 1.67. The number of nitrogens with one attached hydrogen (secondary N) is 2. The van der Waals surface area contributed by atoms with Crippen LogP contribution in [0, 0.1) is 4.78 Å². The predicted molar refractivity (Wildman–Crippen MR) is 110 cm³/mol. The van der Waals surface area contributed by atoms with E-state index in [1.54, 1.807) is 6.07 Å². The summed E-state index contributed by atoms with van der Waals surface area (Å²) in [4.78, 5) is 18.7. The Morgan fingerprint density at radius 1 is 1.37 bits per heavy atom. The van der Waals surface area contributed by atoms with Gasteiger partial charge in [0.15, 0.2) is 0 Å². The number of carbonyl (C=O) groups excluding carboxylic acids is 1. The van der Waals surface area contributed by atoms with Crippen molar-refractivity contribution in [2.45, 2.75) is 18.0 Å². The molecule has 2 atom stereocenters. The molecule has 1 aromatic heterocycles. The predicted octanol–water partition coefficient (Wildman–Crippen LogP) is 4.25. The topological polar surface area (TPSA) is 95.4 Å². The van der Waals surface area contributed by atoms with Crippen LogP contribution in [0.15, 0.2) is 41.0 Å². The summed E-state index contributed by atoms with van der Waals surface area (Å²) >= 11 is 3.39. The van der Waals surface area contributed by atoms with E-state index in [0.29, 0.717) is 35.5 Å². The van der Waals surface area contributed by atoms with Crippen molar-refractivity contribution in [2.24, 2.45) is 0 Å². The van der Waals surface area contributed by atoms with Crippen molar-refractivity contribution < 1.29 is 26.9 Å². The average Bonchev–Trinajstić information content (AvgIpc) is 3.12. The number of anilines is 2. The molecule has 2 heterocycles. The minimum atomic E-state index is -4.78. The molecule has 0 bridgehead atoms. The van der Waals surface area contributed by atoms with Gasteiger partial charge in [0.05, 0.1) is 15.3 Å². The molecule has 1 aromatic carbocycles. The second kappa shape index (κ2) is 8.42. The van der Waals surface area contributed by atoms with Gasteiger partial charge in [-0.2, -0.15) is 0 Å². The van der Waals surface area contributed by atoms with E-state index in [-0.39, 0.29) is 16.6 Å². The SMILES string of the molecule is CS(=N)(=O)[C@H]1CCN(c2ncc(C(=O)Nc3ccc(OC(F)(F)F)cc3)cc2Br)C1. The molecule has 1 aliphatic heterocycles. The molecule has 0 spiro atoms. The van der Waals surface area contributed by atoms with Gasteiger partial charge in [0.2, 0.25) is 0 Å². The Bertz CT molecular complexity index is 1050. The van der Waals surface area contributed by atoms with Crippen LogP contribution in [0.3, 0.4) is 0 Å². The first-order valence-corrected chi connectivity index (χ1v) is 11.5. The summed E-state index contributed by atoms with van der Waals surface area (Å²) < 4.78 is 60.7. The number of ether oxygens (including phenoxy) is 1. The van der Waals surface area contributed by atoms with Gasteiger partial charge in [0.25, 0.3) is 5.91 Å². The van der Waals surface area contributed by atoms with Gasteiger partial charge in [-0.25, -0.2) is 9.19 Å². The zero-order valence-corrected chi connectivity index (χ0v) is 18.1. The summed E-state index contributed by atoms with van der Waals surface area (Å²) in [6.45, 7) is 1.06. The molecule has 162 valence electrons. The molecule has 1 amide bonds. The van der Waals surface area contributed by atoms with E-state index >= 15 is 0 Å². The van der Waals surface area contributed by atoms with E-state index in [1.165, 1.54) is 24.6 Å². The molecule has 2 N–H and O–H groups in total. The van der Waals surface area contributed by atoms with Gasteiger partial charge in [0, 0.05) is 41.0 Å². The van der Waals surface area contributed by atoms with Gasteiger partial charge in [-0.1, -0.05) is 0 Å². The maximum absolute atomic E-state index is 12.4. The summed E-state index contributed by atoms with van der Waals surface area (Å²) in [5.41, 5.74) is 0.544. The van der Waals surface area contributed by atoms with E-state index in [0.717, 1.165) is 12.1 Å². The molecule has 3 rings (SSSR count). The Kier molecular flexibility index (Phi) is 6.27. The lowest BCUT2D eigenvalue weighted by Crippen LogP contribution is -2.26. The number of hydrogen-bond donors (Lipinski definition) is 2.